The molecule has 2 unspecified atom stereocenters. The van der Waals surface area contributed by atoms with Crippen molar-refractivity contribution < 1.29 is 80.2 Å². The molecule has 0 aromatic heterocycles. The van der Waals surface area contributed by atoms with E-state index in [2.05, 4.69) is 41.5 Å². The SMILES string of the molecule is CCCCCCCCCCCCC(=O)O[C@H](COC(=O)CCCCCCC)COP(=O)(O)OC[C@H](O)COP(=O)(O)OC[C@@H](COC(=O)CCCCCCCCCCCCCCCCC(C)C)OC(=O)CCCCCCCCCCCCCCCCCCC(C)C. The lowest BCUT2D eigenvalue weighted by Gasteiger charge is -2.21. The molecule has 5 atom stereocenters. The van der Waals surface area contributed by atoms with E-state index in [0.717, 1.165) is 108 Å². The van der Waals surface area contributed by atoms with Gasteiger partial charge in [-0.25, -0.2) is 9.13 Å². The summed E-state index contributed by atoms with van der Waals surface area (Å²) in [5.41, 5.74) is 0. The van der Waals surface area contributed by atoms with E-state index in [0.29, 0.717) is 25.7 Å². The molecule has 0 aliphatic rings. The number of unbranched alkanes of at least 4 members (excludes halogenated alkanes) is 41. The summed E-state index contributed by atoms with van der Waals surface area (Å²) in [5.74, 6) is -0.524. The first-order valence-corrected chi connectivity index (χ1v) is 40.5. The Morgan fingerprint density at radius 1 is 0.297 bits per heavy atom. The zero-order valence-electron chi connectivity index (χ0n) is 59.1. The van der Waals surface area contributed by atoms with E-state index in [1.165, 1.54) is 180 Å². The summed E-state index contributed by atoms with van der Waals surface area (Å²) in [6.07, 6.45) is 50.4. The molecule has 0 radical (unpaired) electrons. The predicted molar refractivity (Wildman–Crippen MR) is 368 cm³/mol. The van der Waals surface area contributed by atoms with Crippen molar-refractivity contribution in [2.24, 2.45) is 11.8 Å². The first kappa shape index (κ1) is 89.1. The number of hydrogen-bond acceptors (Lipinski definition) is 15. The fourth-order valence-electron chi connectivity index (χ4n) is 10.9. The zero-order valence-corrected chi connectivity index (χ0v) is 60.9. The van der Waals surface area contributed by atoms with Gasteiger partial charge in [0.25, 0.3) is 0 Å². The molecule has 17 nitrogen and oxygen atoms in total. The van der Waals surface area contributed by atoms with Gasteiger partial charge in [0, 0.05) is 25.7 Å². The van der Waals surface area contributed by atoms with Crippen molar-refractivity contribution in [1.82, 2.24) is 0 Å². The van der Waals surface area contributed by atoms with Gasteiger partial charge in [-0.15, -0.1) is 0 Å². The largest absolute Gasteiger partial charge is 0.472 e. The average molecular weight is 1340 g/mol. The molecule has 0 spiro atoms. The van der Waals surface area contributed by atoms with Gasteiger partial charge in [-0.2, -0.15) is 0 Å². The van der Waals surface area contributed by atoms with Gasteiger partial charge in [0.1, 0.15) is 19.3 Å². The van der Waals surface area contributed by atoms with Gasteiger partial charge >= 0.3 is 39.5 Å². The number of carbonyl (C=O) groups is 4. The van der Waals surface area contributed by atoms with Crippen LogP contribution in [0.3, 0.4) is 0 Å². The molecule has 0 saturated heterocycles. The normalized spacial score (nSPS) is 14.1. The topological polar surface area (TPSA) is 237 Å². The lowest BCUT2D eigenvalue weighted by Crippen LogP contribution is -2.30. The van der Waals surface area contributed by atoms with Crippen molar-refractivity contribution in [3.05, 3.63) is 0 Å². The minimum atomic E-state index is -4.95. The van der Waals surface area contributed by atoms with Gasteiger partial charge in [0.15, 0.2) is 12.2 Å². The van der Waals surface area contributed by atoms with Crippen molar-refractivity contribution in [3.8, 4) is 0 Å². The van der Waals surface area contributed by atoms with Crippen LogP contribution in [0.25, 0.3) is 0 Å². The first-order chi connectivity index (χ1) is 43.9. The summed E-state index contributed by atoms with van der Waals surface area (Å²) in [6.45, 7) is 9.52. The molecule has 0 aliphatic carbocycles. The molecular formula is C72H140O17P2. The summed E-state index contributed by atoms with van der Waals surface area (Å²) in [4.78, 5) is 72.3. The summed E-state index contributed by atoms with van der Waals surface area (Å²) >= 11 is 0. The third-order valence-electron chi connectivity index (χ3n) is 16.7. The Labute approximate surface area is 556 Å². The van der Waals surface area contributed by atoms with E-state index in [-0.39, 0.29) is 25.7 Å². The van der Waals surface area contributed by atoms with Crippen molar-refractivity contribution >= 4 is 39.5 Å². The minimum absolute atomic E-state index is 0.106. The molecular weight excluding hydrogens is 1200 g/mol. The second kappa shape index (κ2) is 64.1. The van der Waals surface area contributed by atoms with Crippen LogP contribution in [-0.4, -0.2) is 96.7 Å². The van der Waals surface area contributed by atoms with E-state index >= 15 is 0 Å². The number of phosphoric ester groups is 2. The molecule has 0 aromatic rings. The Morgan fingerprint density at radius 2 is 0.505 bits per heavy atom. The fourth-order valence-corrected chi connectivity index (χ4v) is 12.5. The maximum Gasteiger partial charge on any atom is 0.472 e. The summed E-state index contributed by atoms with van der Waals surface area (Å²) in [5, 5.41) is 10.6. The van der Waals surface area contributed by atoms with Crippen LogP contribution in [0, 0.1) is 11.8 Å². The summed E-state index contributed by atoms with van der Waals surface area (Å²) < 4.78 is 68.1. The molecule has 19 heteroatoms. The monoisotopic (exact) mass is 1340 g/mol. The number of hydrogen-bond donors (Lipinski definition) is 3. The van der Waals surface area contributed by atoms with E-state index in [1.54, 1.807) is 0 Å². The van der Waals surface area contributed by atoms with Crippen LogP contribution < -0.4 is 0 Å². The first-order valence-electron chi connectivity index (χ1n) is 37.5. The smallest absolute Gasteiger partial charge is 0.462 e. The third-order valence-corrected chi connectivity index (χ3v) is 18.6. The molecule has 91 heavy (non-hydrogen) atoms. The molecule has 0 rings (SSSR count). The number of carbonyl (C=O) groups excluding carboxylic acids is 4. The van der Waals surface area contributed by atoms with E-state index in [1.807, 2.05) is 0 Å². The van der Waals surface area contributed by atoms with Crippen molar-refractivity contribution in [1.29, 1.82) is 0 Å². The Hall–Kier alpha value is -1.94. The summed E-state index contributed by atoms with van der Waals surface area (Å²) in [7, 11) is -9.89. The molecule has 540 valence electrons. The van der Waals surface area contributed by atoms with Crippen LogP contribution in [0.1, 0.15) is 369 Å². The van der Waals surface area contributed by atoms with E-state index in [9.17, 15) is 43.2 Å². The second-order valence-electron chi connectivity index (χ2n) is 26.9. The van der Waals surface area contributed by atoms with Crippen LogP contribution in [0.2, 0.25) is 0 Å². The Kier molecular flexibility index (Phi) is 62.7. The van der Waals surface area contributed by atoms with Gasteiger partial charge in [-0.1, -0.05) is 318 Å². The predicted octanol–water partition coefficient (Wildman–Crippen LogP) is 20.8. The highest BCUT2D eigenvalue weighted by Gasteiger charge is 2.30. The zero-order chi connectivity index (χ0) is 67.2. The summed E-state index contributed by atoms with van der Waals surface area (Å²) in [6, 6.07) is 0. The van der Waals surface area contributed by atoms with Crippen LogP contribution in [0.15, 0.2) is 0 Å². The highest BCUT2D eigenvalue weighted by atomic mass is 31.2. The van der Waals surface area contributed by atoms with Crippen LogP contribution in [0.4, 0.5) is 0 Å². The Balaban J connectivity index is 5.13. The highest BCUT2D eigenvalue weighted by Crippen LogP contribution is 2.45. The molecule has 0 bridgehead atoms. The molecule has 0 aliphatic heterocycles. The van der Waals surface area contributed by atoms with Crippen LogP contribution in [-0.2, 0) is 65.4 Å². The molecule has 0 fully saturated rings. The van der Waals surface area contributed by atoms with Crippen molar-refractivity contribution in [2.45, 2.75) is 387 Å². The quantitative estimate of drug-likeness (QED) is 0.0222. The maximum atomic E-state index is 13.0. The maximum absolute atomic E-state index is 13.0. The van der Waals surface area contributed by atoms with E-state index in [4.69, 9.17) is 37.0 Å². The number of ether oxygens (including phenoxy) is 4. The number of aliphatic hydroxyl groups excluding tert-OH is 1. The lowest BCUT2D eigenvalue weighted by molar-refractivity contribution is -0.161. The number of phosphoric acid groups is 2. The van der Waals surface area contributed by atoms with Crippen molar-refractivity contribution in [2.75, 3.05) is 39.6 Å². The molecule has 3 N–H and O–H groups in total. The standard InChI is InChI=1S/C72H140O17P2/c1-7-9-11-13-14-15-32-38-44-50-56-71(76)88-67(60-82-69(74)54-48-40-12-10-8-2)62-86-90(78,79)84-58-66(73)59-85-91(80,81)87-63-68(61-83-70(75)55-49-43-37-33-28-24-21-20-23-27-31-36-42-47-53-65(5)6)89-72(77)57-51-45-39-34-29-25-19-17-16-18-22-26-30-35-41-46-52-64(3)4/h64-68,73H,7-63H2,1-6H3,(H,78,79)(H,80,81)/t66-,67+,68+/m0/s1. The Bertz CT molecular complexity index is 1770. The van der Waals surface area contributed by atoms with Gasteiger partial charge in [-0.05, 0) is 37.5 Å². The number of aliphatic hydroxyl groups is 1. The Morgan fingerprint density at radius 3 is 0.747 bits per heavy atom. The van der Waals surface area contributed by atoms with Crippen molar-refractivity contribution in [3.63, 3.8) is 0 Å². The van der Waals surface area contributed by atoms with Crippen LogP contribution >= 0.6 is 15.6 Å². The lowest BCUT2D eigenvalue weighted by atomic mass is 10.0. The number of rotatable bonds is 71. The number of esters is 4. The molecule has 0 aromatic carbocycles. The van der Waals surface area contributed by atoms with Crippen LogP contribution in [0.5, 0.6) is 0 Å². The highest BCUT2D eigenvalue weighted by molar-refractivity contribution is 7.47. The average Bonchev–Trinajstić information content (AvgIpc) is 3.72. The van der Waals surface area contributed by atoms with Gasteiger partial charge in [-0.3, -0.25) is 37.3 Å². The van der Waals surface area contributed by atoms with Gasteiger partial charge in [0.2, 0.25) is 0 Å². The van der Waals surface area contributed by atoms with Gasteiger partial charge in [0.05, 0.1) is 26.4 Å². The fraction of sp³-hybridized carbons (Fsp3) is 0.944. The molecule has 0 amide bonds. The molecule has 0 heterocycles. The molecule has 0 saturated carbocycles. The third kappa shape index (κ3) is 66.5. The second-order valence-corrected chi connectivity index (χ2v) is 29.8. The van der Waals surface area contributed by atoms with Gasteiger partial charge < -0.3 is 33.8 Å². The minimum Gasteiger partial charge on any atom is -0.462 e. The van der Waals surface area contributed by atoms with E-state index < -0.39 is 97.5 Å².